The molecule has 2 aromatic rings. The molecule has 5 fully saturated rings. The molecule has 0 amide bonds. The van der Waals surface area contributed by atoms with Crippen LogP contribution in [0.15, 0.2) is 24.3 Å². The first-order valence-corrected chi connectivity index (χ1v) is 16.3. The molecular weight excluding hydrogens is 484 g/mol. The molecule has 212 valence electrons. The standard InChI is InChI=1S/C33H48N4O2/c38-32(39)14-16-35-15-6-9-25(22-35)33-34-30-12-3-4-13-31(30)37(33)29-20-26-10-5-11-27(21-29)36(26)28-18-23-7-1-2-8-24(17-23)19-28/h3-4,12-13,23-29H,1-2,5-11,14-22H2,(H,38,39)/t23-,24+,25-,26-,27+,28?,29?/m0/s1. The van der Waals surface area contributed by atoms with Gasteiger partial charge in [-0.1, -0.05) is 44.2 Å². The molecule has 1 aromatic carbocycles. The molecule has 4 bridgehead atoms. The summed E-state index contributed by atoms with van der Waals surface area (Å²) in [5.41, 5.74) is 2.45. The van der Waals surface area contributed by atoms with Crippen molar-refractivity contribution in [3.63, 3.8) is 0 Å². The number of carboxylic acids is 1. The van der Waals surface area contributed by atoms with Crippen LogP contribution in [0.5, 0.6) is 0 Å². The fraction of sp³-hybridized carbons (Fsp3) is 0.758. The summed E-state index contributed by atoms with van der Waals surface area (Å²) in [5, 5.41) is 9.24. The quantitative estimate of drug-likeness (QED) is 0.454. The van der Waals surface area contributed by atoms with Crippen molar-refractivity contribution in [3.8, 4) is 0 Å². The van der Waals surface area contributed by atoms with E-state index in [1.165, 1.54) is 88.4 Å². The van der Waals surface area contributed by atoms with Crippen molar-refractivity contribution in [1.29, 1.82) is 0 Å². The summed E-state index contributed by atoms with van der Waals surface area (Å²) in [7, 11) is 0. The highest BCUT2D eigenvalue weighted by Gasteiger charge is 2.45. The molecule has 0 spiro atoms. The van der Waals surface area contributed by atoms with Crippen molar-refractivity contribution in [2.45, 2.75) is 126 Å². The maximum Gasteiger partial charge on any atom is 0.304 e. The van der Waals surface area contributed by atoms with Crippen molar-refractivity contribution in [2.24, 2.45) is 11.8 Å². The van der Waals surface area contributed by atoms with Gasteiger partial charge in [0, 0.05) is 43.2 Å². The number of rotatable bonds is 6. The van der Waals surface area contributed by atoms with Gasteiger partial charge in [-0.05, 0) is 88.3 Å². The lowest BCUT2D eigenvalue weighted by atomic mass is 9.73. The van der Waals surface area contributed by atoms with E-state index in [1.807, 2.05) is 0 Å². The fourth-order valence-corrected chi connectivity index (χ4v) is 9.76. The monoisotopic (exact) mass is 532 g/mol. The van der Waals surface area contributed by atoms with Gasteiger partial charge in [0.05, 0.1) is 17.5 Å². The molecule has 1 N–H and O–H groups in total. The van der Waals surface area contributed by atoms with Crippen LogP contribution in [-0.4, -0.2) is 68.2 Å². The third-order valence-corrected chi connectivity index (χ3v) is 11.3. The second kappa shape index (κ2) is 11.2. The first-order valence-electron chi connectivity index (χ1n) is 16.3. The molecular formula is C33H48N4O2. The Balaban J connectivity index is 1.15. The number of imidazole rings is 1. The Labute approximate surface area is 234 Å². The van der Waals surface area contributed by atoms with Crippen molar-refractivity contribution in [3.05, 3.63) is 30.1 Å². The first kappa shape index (κ1) is 26.0. The van der Waals surface area contributed by atoms with Gasteiger partial charge in [-0.2, -0.15) is 0 Å². The number of hydrogen-bond donors (Lipinski definition) is 1. The number of hydrogen-bond acceptors (Lipinski definition) is 4. The SMILES string of the molecule is O=C(O)CCN1CCC[C@H](c2nc3ccccc3n2C2C[C@H]3CCC[C@@H](C2)N3C2C[C@H]3CCCC[C@@H](C2)C3)C1. The molecule has 3 saturated heterocycles. The van der Waals surface area contributed by atoms with Gasteiger partial charge in [-0.25, -0.2) is 4.98 Å². The molecule has 5 aliphatic rings. The summed E-state index contributed by atoms with van der Waals surface area (Å²) < 4.78 is 2.68. The lowest BCUT2D eigenvalue weighted by Gasteiger charge is -2.55. The normalized spacial score (nSPS) is 36.1. The topological polar surface area (TPSA) is 61.6 Å². The molecule has 7 rings (SSSR count). The van der Waals surface area contributed by atoms with Crippen LogP contribution >= 0.6 is 0 Å². The van der Waals surface area contributed by atoms with Crippen molar-refractivity contribution >= 4 is 17.0 Å². The molecule has 0 radical (unpaired) electrons. The Morgan fingerprint density at radius 2 is 1.56 bits per heavy atom. The number of carbonyl (C=O) groups is 1. The second-order valence-electron chi connectivity index (χ2n) is 13.8. The summed E-state index contributed by atoms with van der Waals surface area (Å²) in [4.78, 5) is 22.0. The number of aliphatic carboxylic acids is 1. The zero-order valence-corrected chi connectivity index (χ0v) is 23.7. The van der Waals surface area contributed by atoms with Gasteiger partial charge >= 0.3 is 5.97 Å². The number of aromatic nitrogens is 2. The molecule has 3 aliphatic heterocycles. The lowest BCUT2D eigenvalue weighted by molar-refractivity contribution is -0.137. The predicted octanol–water partition coefficient (Wildman–Crippen LogP) is 6.61. The van der Waals surface area contributed by atoms with Crippen LogP contribution in [-0.2, 0) is 4.79 Å². The van der Waals surface area contributed by atoms with E-state index in [2.05, 4.69) is 38.6 Å². The lowest BCUT2D eigenvalue weighted by Crippen LogP contribution is -2.58. The van der Waals surface area contributed by atoms with Gasteiger partial charge in [0.2, 0.25) is 0 Å². The minimum absolute atomic E-state index is 0.230. The van der Waals surface area contributed by atoms with Crippen LogP contribution in [0.2, 0.25) is 0 Å². The van der Waals surface area contributed by atoms with E-state index in [0.717, 1.165) is 61.4 Å². The van der Waals surface area contributed by atoms with Crippen LogP contribution in [0.25, 0.3) is 11.0 Å². The third kappa shape index (κ3) is 5.28. The highest BCUT2D eigenvalue weighted by atomic mass is 16.4. The number of piperidine rings is 3. The van der Waals surface area contributed by atoms with Gasteiger partial charge < -0.3 is 14.6 Å². The van der Waals surface area contributed by atoms with Crippen molar-refractivity contribution in [1.82, 2.24) is 19.4 Å². The van der Waals surface area contributed by atoms with Crippen LogP contribution < -0.4 is 0 Å². The smallest absolute Gasteiger partial charge is 0.304 e. The number of fused-ring (bicyclic) bond motifs is 5. The fourth-order valence-electron chi connectivity index (χ4n) is 9.76. The summed E-state index contributed by atoms with van der Waals surface area (Å²) in [6.45, 7) is 2.60. The van der Waals surface area contributed by atoms with Gasteiger partial charge in [-0.3, -0.25) is 9.69 Å². The minimum atomic E-state index is -0.695. The van der Waals surface area contributed by atoms with Crippen molar-refractivity contribution in [2.75, 3.05) is 19.6 Å². The van der Waals surface area contributed by atoms with Crippen LogP contribution in [0, 0.1) is 11.8 Å². The summed E-state index contributed by atoms with van der Waals surface area (Å²) >= 11 is 0. The maximum absolute atomic E-state index is 11.2. The van der Waals surface area contributed by atoms with Gasteiger partial charge in [0.15, 0.2) is 0 Å². The minimum Gasteiger partial charge on any atom is -0.481 e. The zero-order chi connectivity index (χ0) is 26.3. The molecule has 39 heavy (non-hydrogen) atoms. The number of para-hydroxylation sites is 2. The molecule has 6 nitrogen and oxygen atoms in total. The Kier molecular flexibility index (Phi) is 7.44. The van der Waals surface area contributed by atoms with E-state index in [0.29, 0.717) is 18.5 Å². The molecule has 1 aromatic heterocycles. The van der Waals surface area contributed by atoms with Crippen LogP contribution in [0.4, 0.5) is 0 Å². The summed E-state index contributed by atoms with van der Waals surface area (Å²) in [6, 6.07) is 11.6. The van der Waals surface area contributed by atoms with E-state index < -0.39 is 5.97 Å². The van der Waals surface area contributed by atoms with E-state index in [1.54, 1.807) is 0 Å². The number of benzene rings is 1. The van der Waals surface area contributed by atoms with Crippen LogP contribution in [0.1, 0.15) is 114 Å². The average molecular weight is 533 g/mol. The molecule has 2 aliphatic carbocycles. The van der Waals surface area contributed by atoms with E-state index >= 15 is 0 Å². The maximum atomic E-state index is 11.2. The molecule has 2 saturated carbocycles. The molecule has 7 atom stereocenters. The van der Waals surface area contributed by atoms with Gasteiger partial charge in [0.25, 0.3) is 0 Å². The average Bonchev–Trinajstić information content (AvgIpc) is 3.25. The predicted molar refractivity (Wildman–Crippen MR) is 155 cm³/mol. The van der Waals surface area contributed by atoms with E-state index in [9.17, 15) is 9.90 Å². The van der Waals surface area contributed by atoms with Crippen molar-refractivity contribution < 1.29 is 9.90 Å². The molecule has 2 unspecified atom stereocenters. The Hall–Kier alpha value is -1.92. The Morgan fingerprint density at radius 3 is 2.31 bits per heavy atom. The largest absolute Gasteiger partial charge is 0.481 e. The number of carboxylic acid groups (broad SMARTS) is 1. The van der Waals surface area contributed by atoms with E-state index in [-0.39, 0.29) is 6.42 Å². The first-order chi connectivity index (χ1) is 19.1. The molecule has 6 heteroatoms. The Bertz CT molecular complexity index is 1130. The zero-order valence-electron chi connectivity index (χ0n) is 23.7. The molecule has 4 heterocycles. The summed E-state index contributed by atoms with van der Waals surface area (Å²) in [6.07, 6.45) is 19.5. The number of likely N-dealkylation sites (tertiary alicyclic amines) is 1. The van der Waals surface area contributed by atoms with Gasteiger partial charge in [-0.15, -0.1) is 0 Å². The number of nitrogens with zero attached hydrogens (tertiary/aromatic N) is 4. The van der Waals surface area contributed by atoms with Crippen LogP contribution in [0.3, 0.4) is 0 Å². The highest BCUT2D eigenvalue weighted by molar-refractivity contribution is 5.76. The second-order valence-corrected chi connectivity index (χ2v) is 13.8. The van der Waals surface area contributed by atoms with Gasteiger partial charge in [0.1, 0.15) is 5.82 Å². The third-order valence-electron chi connectivity index (χ3n) is 11.3. The van der Waals surface area contributed by atoms with E-state index in [4.69, 9.17) is 4.98 Å². The summed E-state index contributed by atoms with van der Waals surface area (Å²) in [5.74, 6) is 2.93. The Morgan fingerprint density at radius 1 is 0.821 bits per heavy atom. The highest BCUT2D eigenvalue weighted by Crippen LogP contribution is 2.48.